The van der Waals surface area contributed by atoms with Crippen LogP contribution in [0.5, 0.6) is 5.88 Å². The predicted molar refractivity (Wildman–Crippen MR) is 86.1 cm³/mol. The Morgan fingerprint density at radius 3 is 2.82 bits per heavy atom. The molecule has 116 valence electrons. The summed E-state index contributed by atoms with van der Waals surface area (Å²) in [6.45, 7) is 4.83. The standard InChI is InChI=1S/C14H17ClN6O/c1-14(2,20-21-16)11-8-19-13(22-5-4-17-3)10-7-18-12(15)6-9(10)11/h6-8,17H,4-5H2,1-3H3. The number of hydrogen-bond donors (Lipinski definition) is 1. The van der Waals surface area contributed by atoms with Crippen molar-refractivity contribution in [3.05, 3.63) is 39.6 Å². The molecule has 0 aliphatic rings. The van der Waals surface area contributed by atoms with Gasteiger partial charge in [-0.15, -0.1) is 0 Å². The first-order valence-electron chi connectivity index (χ1n) is 6.78. The van der Waals surface area contributed by atoms with Crippen LogP contribution in [0.4, 0.5) is 0 Å². The van der Waals surface area contributed by atoms with Crippen LogP contribution >= 0.6 is 11.6 Å². The molecule has 1 N–H and O–H groups in total. The summed E-state index contributed by atoms with van der Waals surface area (Å²) in [6, 6.07) is 1.73. The molecule has 0 spiro atoms. The summed E-state index contributed by atoms with van der Waals surface area (Å²) in [7, 11) is 1.85. The molecule has 0 fully saturated rings. The van der Waals surface area contributed by atoms with Crippen LogP contribution < -0.4 is 10.1 Å². The number of rotatable bonds is 6. The van der Waals surface area contributed by atoms with Gasteiger partial charge in [0.25, 0.3) is 0 Å². The van der Waals surface area contributed by atoms with E-state index >= 15 is 0 Å². The van der Waals surface area contributed by atoms with E-state index < -0.39 is 5.54 Å². The second-order valence-corrected chi connectivity index (χ2v) is 5.62. The highest BCUT2D eigenvalue weighted by Gasteiger charge is 2.23. The molecule has 0 radical (unpaired) electrons. The molecular formula is C14H17ClN6O. The van der Waals surface area contributed by atoms with Crippen molar-refractivity contribution in [2.24, 2.45) is 5.11 Å². The molecule has 2 aromatic heterocycles. The summed E-state index contributed by atoms with van der Waals surface area (Å²) in [4.78, 5) is 11.3. The Labute approximate surface area is 133 Å². The van der Waals surface area contributed by atoms with E-state index in [0.717, 1.165) is 16.3 Å². The molecule has 0 atom stereocenters. The van der Waals surface area contributed by atoms with Crippen LogP contribution in [0.15, 0.2) is 23.6 Å². The number of nitrogens with zero attached hydrogens (tertiary/aromatic N) is 5. The maximum Gasteiger partial charge on any atom is 0.222 e. The highest BCUT2D eigenvalue weighted by atomic mass is 35.5. The lowest BCUT2D eigenvalue weighted by Crippen LogP contribution is -2.17. The maximum absolute atomic E-state index is 8.76. The van der Waals surface area contributed by atoms with Crippen molar-refractivity contribution >= 4 is 22.4 Å². The third kappa shape index (κ3) is 3.39. The normalized spacial score (nSPS) is 11.3. The van der Waals surface area contributed by atoms with Crippen molar-refractivity contribution in [3.8, 4) is 5.88 Å². The van der Waals surface area contributed by atoms with Gasteiger partial charge in [0.15, 0.2) is 0 Å². The van der Waals surface area contributed by atoms with E-state index in [9.17, 15) is 0 Å². The zero-order valence-electron chi connectivity index (χ0n) is 12.7. The van der Waals surface area contributed by atoms with Gasteiger partial charge in [-0.05, 0) is 29.6 Å². The minimum Gasteiger partial charge on any atom is -0.476 e. The Balaban J connectivity index is 2.58. The number of hydrogen-bond acceptors (Lipinski definition) is 5. The number of fused-ring (bicyclic) bond motifs is 1. The van der Waals surface area contributed by atoms with E-state index in [0.29, 0.717) is 24.2 Å². The maximum atomic E-state index is 8.76. The first kappa shape index (κ1) is 16.3. The lowest BCUT2D eigenvalue weighted by Gasteiger charge is -2.21. The minimum atomic E-state index is -0.756. The molecule has 0 aliphatic carbocycles. The fourth-order valence-electron chi connectivity index (χ4n) is 2.10. The largest absolute Gasteiger partial charge is 0.476 e. The number of ether oxygens (including phenoxy) is 1. The average Bonchev–Trinajstić information content (AvgIpc) is 2.46. The van der Waals surface area contributed by atoms with Gasteiger partial charge in [-0.25, -0.2) is 9.97 Å². The smallest absolute Gasteiger partial charge is 0.222 e. The van der Waals surface area contributed by atoms with Crippen molar-refractivity contribution in [2.75, 3.05) is 20.2 Å². The number of nitrogens with one attached hydrogen (secondary N) is 1. The van der Waals surface area contributed by atoms with Crippen LogP contribution in [0, 0.1) is 0 Å². The number of pyridine rings is 2. The SMILES string of the molecule is CNCCOc1ncc(C(C)(C)N=[N+]=[N-])c2cc(Cl)ncc12. The fraction of sp³-hybridized carbons (Fsp3) is 0.429. The molecule has 0 aliphatic heterocycles. The molecule has 2 aromatic rings. The monoisotopic (exact) mass is 320 g/mol. The van der Waals surface area contributed by atoms with Crippen LogP contribution in [-0.4, -0.2) is 30.2 Å². The molecule has 0 saturated carbocycles. The Morgan fingerprint density at radius 1 is 1.36 bits per heavy atom. The third-order valence-electron chi connectivity index (χ3n) is 3.25. The van der Waals surface area contributed by atoms with E-state index in [1.54, 1.807) is 18.5 Å². The highest BCUT2D eigenvalue weighted by molar-refractivity contribution is 6.30. The zero-order chi connectivity index (χ0) is 16.2. The molecular weight excluding hydrogens is 304 g/mol. The fourth-order valence-corrected chi connectivity index (χ4v) is 2.26. The van der Waals surface area contributed by atoms with Crippen molar-refractivity contribution in [1.29, 1.82) is 0 Å². The van der Waals surface area contributed by atoms with Crippen molar-refractivity contribution in [3.63, 3.8) is 0 Å². The summed E-state index contributed by atoms with van der Waals surface area (Å²) in [5.74, 6) is 0.481. The lowest BCUT2D eigenvalue weighted by atomic mass is 9.93. The molecule has 2 heterocycles. The van der Waals surface area contributed by atoms with Crippen LogP contribution in [0.2, 0.25) is 5.15 Å². The summed E-state index contributed by atoms with van der Waals surface area (Å²) in [6.07, 6.45) is 3.27. The lowest BCUT2D eigenvalue weighted by molar-refractivity contribution is 0.310. The van der Waals surface area contributed by atoms with E-state index in [1.165, 1.54) is 0 Å². The van der Waals surface area contributed by atoms with Gasteiger partial charge >= 0.3 is 0 Å². The van der Waals surface area contributed by atoms with Gasteiger partial charge in [0, 0.05) is 23.9 Å². The van der Waals surface area contributed by atoms with Gasteiger partial charge < -0.3 is 10.1 Å². The molecule has 8 heteroatoms. The molecule has 0 unspecified atom stereocenters. The van der Waals surface area contributed by atoms with Gasteiger partial charge in [0.05, 0.1) is 10.9 Å². The third-order valence-corrected chi connectivity index (χ3v) is 3.45. The molecule has 7 nitrogen and oxygen atoms in total. The first-order chi connectivity index (χ1) is 10.5. The summed E-state index contributed by atoms with van der Waals surface area (Å²) in [5, 5.41) is 8.75. The average molecular weight is 321 g/mol. The number of likely N-dealkylation sites (N-methyl/N-ethyl adjacent to an activating group) is 1. The Kier molecular flexibility index (Phi) is 5.03. The molecule has 22 heavy (non-hydrogen) atoms. The van der Waals surface area contributed by atoms with Crippen molar-refractivity contribution < 1.29 is 4.74 Å². The van der Waals surface area contributed by atoms with E-state index in [1.807, 2.05) is 20.9 Å². The van der Waals surface area contributed by atoms with Gasteiger partial charge in [0.2, 0.25) is 5.88 Å². The van der Waals surface area contributed by atoms with Gasteiger partial charge in [-0.2, -0.15) is 0 Å². The summed E-state index contributed by atoms with van der Waals surface area (Å²) in [5.41, 5.74) is 8.77. The van der Waals surface area contributed by atoms with Crippen molar-refractivity contribution in [2.45, 2.75) is 19.4 Å². The second kappa shape index (κ2) is 6.79. The molecule has 0 aromatic carbocycles. The molecule has 2 rings (SSSR count). The topological polar surface area (TPSA) is 95.8 Å². The Bertz CT molecular complexity index is 727. The van der Waals surface area contributed by atoms with E-state index in [-0.39, 0.29) is 0 Å². The Hall–Kier alpha value is -2.08. The van der Waals surface area contributed by atoms with E-state index in [2.05, 4.69) is 25.3 Å². The highest BCUT2D eigenvalue weighted by Crippen LogP contribution is 2.35. The zero-order valence-corrected chi connectivity index (χ0v) is 13.4. The molecule has 0 saturated heterocycles. The van der Waals surface area contributed by atoms with E-state index in [4.69, 9.17) is 21.9 Å². The summed E-state index contributed by atoms with van der Waals surface area (Å²) >= 11 is 6.01. The van der Waals surface area contributed by atoms with Crippen LogP contribution in [-0.2, 0) is 5.54 Å². The second-order valence-electron chi connectivity index (χ2n) is 5.23. The number of aromatic nitrogens is 2. The predicted octanol–water partition coefficient (Wildman–Crippen LogP) is 3.43. The van der Waals surface area contributed by atoms with Gasteiger partial charge in [-0.3, -0.25) is 0 Å². The number of halogens is 1. The van der Waals surface area contributed by atoms with Crippen LogP contribution in [0.1, 0.15) is 19.4 Å². The minimum absolute atomic E-state index is 0.359. The van der Waals surface area contributed by atoms with Crippen molar-refractivity contribution in [1.82, 2.24) is 15.3 Å². The summed E-state index contributed by atoms with van der Waals surface area (Å²) < 4.78 is 5.67. The first-order valence-corrected chi connectivity index (χ1v) is 7.16. The van der Waals surface area contributed by atoms with Crippen LogP contribution in [0.25, 0.3) is 21.2 Å². The Morgan fingerprint density at radius 2 is 2.14 bits per heavy atom. The van der Waals surface area contributed by atoms with Gasteiger partial charge in [0.1, 0.15) is 11.8 Å². The van der Waals surface area contributed by atoms with Gasteiger partial charge in [-0.1, -0.05) is 30.6 Å². The molecule has 0 bridgehead atoms. The quantitative estimate of drug-likeness (QED) is 0.290. The number of azide groups is 1. The molecule has 0 amide bonds. The van der Waals surface area contributed by atoms with Crippen LogP contribution in [0.3, 0.4) is 0 Å².